The summed E-state index contributed by atoms with van der Waals surface area (Å²) in [6, 6.07) is 24.3. The Balaban J connectivity index is 1.53. The van der Waals surface area contributed by atoms with Crippen LogP contribution in [0.5, 0.6) is 0 Å². The number of carbonyl (C=O) groups is 2. The van der Waals surface area contributed by atoms with Crippen molar-refractivity contribution in [2.24, 2.45) is 0 Å². The standard InChI is InChI=1S/C35H45N3O6/c1-35(2,3)38(34(43)44)30(21-25-14-8-5-9-15-25)32(40)23-36-22-31(39)29(20-24-12-6-4-7-13-24)37(33(41)42)28-19-18-26-16-10-11-17-27(26)28/h4-17,28-32,36,39-40H,18-23H2,1-3H3,(H,41,42)(H,43,44)/p-2/t28-,29-,30-,31+,32+/m0/s1. The first-order chi connectivity index (χ1) is 21.0. The van der Waals surface area contributed by atoms with Gasteiger partial charge in [-0.15, -0.1) is 0 Å². The molecule has 236 valence electrons. The van der Waals surface area contributed by atoms with Crippen LogP contribution in [0.25, 0.3) is 0 Å². The summed E-state index contributed by atoms with van der Waals surface area (Å²) in [6.07, 6.45) is -3.21. The van der Waals surface area contributed by atoms with Crippen LogP contribution in [0.4, 0.5) is 9.59 Å². The van der Waals surface area contributed by atoms with Gasteiger partial charge in [0, 0.05) is 18.6 Å². The van der Waals surface area contributed by atoms with E-state index in [1.807, 2.05) is 84.9 Å². The Morgan fingerprint density at radius 2 is 1.30 bits per heavy atom. The minimum absolute atomic E-state index is 0.0361. The quantitative estimate of drug-likeness (QED) is 0.273. The molecule has 2 amide bonds. The fourth-order valence-corrected chi connectivity index (χ4v) is 6.41. The van der Waals surface area contributed by atoms with E-state index >= 15 is 0 Å². The lowest BCUT2D eigenvalue weighted by molar-refractivity contribution is -0.275. The summed E-state index contributed by atoms with van der Waals surface area (Å²) in [7, 11) is 0. The summed E-state index contributed by atoms with van der Waals surface area (Å²) in [5.41, 5.74) is 2.88. The van der Waals surface area contributed by atoms with Crippen molar-refractivity contribution >= 4 is 12.2 Å². The van der Waals surface area contributed by atoms with E-state index in [1.54, 1.807) is 20.8 Å². The summed E-state index contributed by atoms with van der Waals surface area (Å²) in [4.78, 5) is 27.4. The molecule has 3 aromatic rings. The lowest BCUT2D eigenvalue weighted by atomic mass is 9.94. The maximum atomic E-state index is 12.7. The smallest absolute Gasteiger partial charge is 0.137 e. The molecule has 0 radical (unpaired) electrons. The molecule has 3 N–H and O–H groups in total. The van der Waals surface area contributed by atoms with Gasteiger partial charge in [-0.05, 0) is 68.7 Å². The third-order valence-corrected chi connectivity index (χ3v) is 8.43. The number of aryl methyl sites for hydroxylation is 1. The van der Waals surface area contributed by atoms with Gasteiger partial charge in [-0.2, -0.15) is 0 Å². The number of carbonyl (C=O) groups excluding carboxylic acids is 2. The molecule has 44 heavy (non-hydrogen) atoms. The summed E-state index contributed by atoms with van der Waals surface area (Å²) < 4.78 is 0. The monoisotopic (exact) mass is 601 g/mol. The average molecular weight is 602 g/mol. The summed E-state index contributed by atoms with van der Waals surface area (Å²) >= 11 is 0. The van der Waals surface area contributed by atoms with E-state index in [-0.39, 0.29) is 25.9 Å². The molecule has 9 heteroatoms. The van der Waals surface area contributed by atoms with Crippen molar-refractivity contribution in [2.45, 2.75) is 82.3 Å². The number of aliphatic hydroxyl groups is 2. The number of nitrogens with one attached hydrogen (secondary N) is 1. The molecule has 0 aromatic heterocycles. The Morgan fingerprint density at radius 1 is 0.795 bits per heavy atom. The van der Waals surface area contributed by atoms with Crippen LogP contribution in [0.15, 0.2) is 84.9 Å². The number of amides is 2. The summed E-state index contributed by atoms with van der Waals surface area (Å²) in [6.45, 7) is 5.16. The highest BCUT2D eigenvalue weighted by molar-refractivity contribution is 5.65. The highest BCUT2D eigenvalue weighted by atomic mass is 16.4. The van der Waals surface area contributed by atoms with Gasteiger partial charge in [0.05, 0.1) is 30.3 Å². The maximum Gasteiger partial charge on any atom is 0.137 e. The van der Waals surface area contributed by atoms with Gasteiger partial charge in [0.2, 0.25) is 0 Å². The second-order valence-corrected chi connectivity index (χ2v) is 12.5. The van der Waals surface area contributed by atoms with Crippen LogP contribution in [0, 0.1) is 0 Å². The molecule has 9 nitrogen and oxygen atoms in total. The SMILES string of the molecule is CC(C)(C)N(C(=O)[O-])[C@@H](Cc1ccccc1)[C@H](O)CNC[C@@H](O)[C@H](Cc1ccccc1)N(C(=O)[O-])[C@H]1CCc2ccccc21. The number of hydrogen-bond acceptors (Lipinski definition) is 7. The topological polar surface area (TPSA) is 139 Å². The van der Waals surface area contributed by atoms with Crippen molar-refractivity contribution in [1.29, 1.82) is 0 Å². The number of rotatable bonds is 13. The lowest BCUT2D eigenvalue weighted by Gasteiger charge is -2.46. The molecule has 0 saturated heterocycles. The molecular formula is C35H43N3O6-2. The second kappa shape index (κ2) is 14.7. The highest BCUT2D eigenvalue weighted by Crippen LogP contribution is 2.37. The van der Waals surface area contributed by atoms with Gasteiger partial charge in [-0.3, -0.25) is 0 Å². The molecule has 1 aliphatic carbocycles. The number of carboxylic acid groups (broad SMARTS) is 2. The van der Waals surface area contributed by atoms with Crippen molar-refractivity contribution in [2.75, 3.05) is 13.1 Å². The van der Waals surface area contributed by atoms with Gasteiger partial charge < -0.3 is 45.1 Å². The molecule has 0 heterocycles. The number of aliphatic hydroxyl groups excluding tert-OH is 2. The van der Waals surface area contributed by atoms with Crippen LogP contribution in [0.3, 0.4) is 0 Å². The summed E-state index contributed by atoms with van der Waals surface area (Å²) in [5, 5.41) is 50.9. The molecule has 0 unspecified atom stereocenters. The van der Waals surface area contributed by atoms with Crippen LogP contribution in [-0.2, 0) is 19.3 Å². The van der Waals surface area contributed by atoms with Gasteiger partial charge >= 0.3 is 0 Å². The first-order valence-corrected chi connectivity index (χ1v) is 15.2. The Hall–Kier alpha value is -3.92. The molecule has 1 aliphatic rings. The minimum atomic E-state index is -1.39. The summed E-state index contributed by atoms with van der Waals surface area (Å²) in [5.74, 6) is 0. The third kappa shape index (κ3) is 8.16. The van der Waals surface area contributed by atoms with Gasteiger partial charge in [0.25, 0.3) is 0 Å². The van der Waals surface area contributed by atoms with Crippen molar-refractivity contribution in [1.82, 2.24) is 15.1 Å². The van der Waals surface area contributed by atoms with Crippen LogP contribution in [0.1, 0.15) is 55.5 Å². The van der Waals surface area contributed by atoms with E-state index in [0.29, 0.717) is 6.42 Å². The molecule has 0 spiro atoms. The second-order valence-electron chi connectivity index (χ2n) is 12.5. The van der Waals surface area contributed by atoms with Crippen LogP contribution >= 0.6 is 0 Å². The first kappa shape index (κ1) is 33.0. The fraction of sp³-hybridized carbons (Fsp3) is 0.429. The number of nitrogens with zero attached hydrogens (tertiary/aromatic N) is 2. The first-order valence-electron chi connectivity index (χ1n) is 15.2. The third-order valence-electron chi connectivity index (χ3n) is 8.43. The molecule has 0 bridgehead atoms. The zero-order valence-corrected chi connectivity index (χ0v) is 25.6. The largest absolute Gasteiger partial charge is 0.530 e. The van der Waals surface area contributed by atoms with Gasteiger partial charge in [-0.25, -0.2) is 0 Å². The Kier molecular flexibility index (Phi) is 11.0. The molecular weight excluding hydrogens is 558 g/mol. The highest BCUT2D eigenvalue weighted by Gasteiger charge is 2.37. The van der Waals surface area contributed by atoms with E-state index < -0.39 is 48.1 Å². The zero-order chi connectivity index (χ0) is 31.9. The van der Waals surface area contributed by atoms with Gasteiger partial charge in [-0.1, -0.05) is 84.9 Å². The number of hydrogen-bond donors (Lipinski definition) is 3. The van der Waals surface area contributed by atoms with Crippen LogP contribution < -0.4 is 15.5 Å². The number of benzene rings is 3. The van der Waals surface area contributed by atoms with Crippen molar-refractivity contribution in [3.63, 3.8) is 0 Å². The van der Waals surface area contributed by atoms with E-state index in [4.69, 9.17) is 0 Å². The van der Waals surface area contributed by atoms with Crippen molar-refractivity contribution in [3.05, 3.63) is 107 Å². The van der Waals surface area contributed by atoms with Crippen LogP contribution in [-0.4, -0.2) is 75.1 Å². The Morgan fingerprint density at radius 3 is 1.82 bits per heavy atom. The normalized spacial score (nSPS) is 17.2. The van der Waals surface area contributed by atoms with E-state index in [1.165, 1.54) is 4.90 Å². The van der Waals surface area contributed by atoms with Crippen molar-refractivity contribution in [3.8, 4) is 0 Å². The minimum Gasteiger partial charge on any atom is -0.530 e. The lowest BCUT2D eigenvalue weighted by Crippen LogP contribution is -2.62. The Labute approximate surface area is 259 Å². The molecule has 4 rings (SSSR count). The number of fused-ring (bicyclic) bond motifs is 1. The molecule has 3 aromatic carbocycles. The molecule has 0 fully saturated rings. The fourth-order valence-electron chi connectivity index (χ4n) is 6.41. The van der Waals surface area contributed by atoms with Crippen LogP contribution in [0.2, 0.25) is 0 Å². The Bertz CT molecular complexity index is 1360. The van der Waals surface area contributed by atoms with Gasteiger partial charge in [0.15, 0.2) is 0 Å². The maximum absolute atomic E-state index is 12.7. The molecule has 5 atom stereocenters. The van der Waals surface area contributed by atoms with Crippen molar-refractivity contribution < 1.29 is 30.0 Å². The molecule has 0 aliphatic heterocycles. The predicted octanol–water partition coefficient (Wildman–Crippen LogP) is 2.30. The van der Waals surface area contributed by atoms with E-state index in [0.717, 1.165) is 33.6 Å². The predicted molar refractivity (Wildman–Crippen MR) is 164 cm³/mol. The average Bonchev–Trinajstić information content (AvgIpc) is 3.40. The van der Waals surface area contributed by atoms with Gasteiger partial charge in [0.1, 0.15) is 12.2 Å². The van der Waals surface area contributed by atoms with E-state index in [2.05, 4.69) is 5.32 Å². The zero-order valence-electron chi connectivity index (χ0n) is 25.6. The molecule has 0 saturated carbocycles. The van der Waals surface area contributed by atoms with E-state index in [9.17, 15) is 30.0 Å².